The number of para-hydroxylation sites is 2. The van der Waals surface area contributed by atoms with Crippen molar-refractivity contribution in [3.8, 4) is 0 Å². The van der Waals surface area contributed by atoms with Crippen molar-refractivity contribution in [1.29, 1.82) is 0 Å². The number of carbonyl (C=O) groups excluding carboxylic acids is 1. The summed E-state index contributed by atoms with van der Waals surface area (Å²) in [4.78, 5) is 19.4. The molecule has 1 aromatic heterocycles. The van der Waals surface area contributed by atoms with Crippen LogP contribution in [-0.4, -0.2) is 46.0 Å². The monoisotopic (exact) mass is 390 g/mol. The van der Waals surface area contributed by atoms with Gasteiger partial charge in [0.2, 0.25) is 5.91 Å². The molecule has 1 aliphatic heterocycles. The minimum Gasteiger partial charge on any atom is -0.352 e. The Bertz CT molecular complexity index is 921. The molecular formula is C24H30N4O. The van der Waals surface area contributed by atoms with E-state index in [1.54, 1.807) is 0 Å². The van der Waals surface area contributed by atoms with Gasteiger partial charge in [0.25, 0.3) is 0 Å². The van der Waals surface area contributed by atoms with Crippen LogP contribution in [0.15, 0.2) is 60.9 Å². The Labute approximate surface area is 172 Å². The van der Waals surface area contributed by atoms with Crippen molar-refractivity contribution in [3.63, 3.8) is 0 Å². The Morgan fingerprint density at radius 2 is 1.90 bits per heavy atom. The van der Waals surface area contributed by atoms with Crippen molar-refractivity contribution >= 4 is 16.9 Å². The van der Waals surface area contributed by atoms with E-state index in [0.717, 1.165) is 49.9 Å². The van der Waals surface area contributed by atoms with Crippen LogP contribution < -0.4 is 5.32 Å². The lowest BCUT2D eigenvalue weighted by Gasteiger charge is -2.33. The van der Waals surface area contributed by atoms with E-state index >= 15 is 0 Å². The van der Waals surface area contributed by atoms with Gasteiger partial charge in [-0.05, 0) is 56.5 Å². The standard InChI is InChI=1S/C24H30N4O/c29-24(14-17-28-19-25-22-12-4-5-13-23(22)28)26-21-11-7-16-27(18-21)15-6-10-20-8-2-1-3-9-20/h1-5,8-9,12-13,19,21H,6-7,10-11,14-18H2,(H,26,29)/t21-/m0/s1. The van der Waals surface area contributed by atoms with E-state index in [9.17, 15) is 4.79 Å². The average molecular weight is 391 g/mol. The number of benzene rings is 2. The van der Waals surface area contributed by atoms with Gasteiger partial charge in [0.05, 0.1) is 17.4 Å². The number of aryl methyl sites for hydroxylation is 2. The van der Waals surface area contributed by atoms with E-state index in [4.69, 9.17) is 0 Å². The maximum absolute atomic E-state index is 12.5. The molecule has 0 radical (unpaired) electrons. The molecule has 0 spiro atoms. The SMILES string of the molecule is O=C(CCn1cnc2ccccc21)N[C@H]1CCCN(CCCc2ccccc2)C1. The van der Waals surface area contributed by atoms with E-state index in [0.29, 0.717) is 13.0 Å². The minimum absolute atomic E-state index is 0.138. The Balaban J connectivity index is 1.20. The van der Waals surface area contributed by atoms with Gasteiger partial charge in [-0.25, -0.2) is 4.98 Å². The van der Waals surface area contributed by atoms with Crippen LogP contribution in [0.5, 0.6) is 0 Å². The van der Waals surface area contributed by atoms with Crippen LogP contribution >= 0.6 is 0 Å². The topological polar surface area (TPSA) is 50.2 Å². The molecule has 1 saturated heterocycles. The summed E-state index contributed by atoms with van der Waals surface area (Å²) in [5, 5.41) is 3.25. The molecule has 4 rings (SSSR count). The molecule has 3 aromatic rings. The van der Waals surface area contributed by atoms with Crippen LogP contribution in [0.3, 0.4) is 0 Å². The number of hydrogen-bond donors (Lipinski definition) is 1. The summed E-state index contributed by atoms with van der Waals surface area (Å²) in [5.41, 5.74) is 3.47. The van der Waals surface area contributed by atoms with E-state index in [2.05, 4.69) is 56.2 Å². The van der Waals surface area contributed by atoms with Crippen LogP contribution in [0.1, 0.15) is 31.2 Å². The summed E-state index contributed by atoms with van der Waals surface area (Å²) in [7, 11) is 0. The zero-order valence-electron chi connectivity index (χ0n) is 17.0. The number of hydrogen-bond acceptors (Lipinski definition) is 3. The molecule has 1 N–H and O–H groups in total. The summed E-state index contributed by atoms with van der Waals surface area (Å²) >= 11 is 0. The van der Waals surface area contributed by atoms with Crippen molar-refractivity contribution in [2.45, 2.75) is 44.7 Å². The van der Waals surface area contributed by atoms with E-state index in [-0.39, 0.29) is 11.9 Å². The molecule has 5 heteroatoms. The van der Waals surface area contributed by atoms with Gasteiger partial charge in [-0.15, -0.1) is 0 Å². The molecule has 0 saturated carbocycles. The van der Waals surface area contributed by atoms with Gasteiger partial charge >= 0.3 is 0 Å². The second-order valence-electron chi connectivity index (χ2n) is 7.97. The maximum Gasteiger partial charge on any atom is 0.222 e. The van der Waals surface area contributed by atoms with Gasteiger partial charge in [0.15, 0.2) is 0 Å². The Morgan fingerprint density at radius 3 is 2.79 bits per heavy atom. The lowest BCUT2D eigenvalue weighted by Crippen LogP contribution is -2.48. The highest BCUT2D eigenvalue weighted by atomic mass is 16.1. The highest BCUT2D eigenvalue weighted by Crippen LogP contribution is 2.14. The van der Waals surface area contributed by atoms with Crippen molar-refractivity contribution in [2.75, 3.05) is 19.6 Å². The van der Waals surface area contributed by atoms with E-state index < -0.39 is 0 Å². The molecule has 1 aliphatic rings. The molecule has 1 fully saturated rings. The smallest absolute Gasteiger partial charge is 0.222 e. The highest BCUT2D eigenvalue weighted by Gasteiger charge is 2.21. The quantitative estimate of drug-likeness (QED) is 0.639. The zero-order chi connectivity index (χ0) is 19.9. The number of rotatable bonds is 8. The Morgan fingerprint density at radius 1 is 1.07 bits per heavy atom. The summed E-state index contributed by atoms with van der Waals surface area (Å²) in [6.45, 7) is 3.87. The number of nitrogens with zero attached hydrogens (tertiary/aromatic N) is 3. The molecule has 2 heterocycles. The number of piperidine rings is 1. The second-order valence-corrected chi connectivity index (χ2v) is 7.97. The minimum atomic E-state index is 0.138. The fourth-order valence-corrected chi connectivity index (χ4v) is 4.24. The van der Waals surface area contributed by atoms with Gasteiger partial charge in [-0.3, -0.25) is 4.79 Å². The molecule has 0 unspecified atom stereocenters. The maximum atomic E-state index is 12.5. The number of carbonyl (C=O) groups is 1. The average Bonchev–Trinajstić information content (AvgIpc) is 3.17. The largest absolute Gasteiger partial charge is 0.352 e. The van der Waals surface area contributed by atoms with E-state index in [1.165, 1.54) is 12.0 Å². The highest BCUT2D eigenvalue weighted by molar-refractivity contribution is 5.77. The lowest BCUT2D eigenvalue weighted by atomic mass is 10.0. The molecule has 2 aromatic carbocycles. The summed E-state index contributed by atoms with van der Waals surface area (Å²) in [6.07, 6.45) is 6.83. The molecular weight excluding hydrogens is 360 g/mol. The third kappa shape index (κ3) is 5.45. The molecule has 1 atom stereocenters. The molecule has 0 aliphatic carbocycles. The summed E-state index contributed by atoms with van der Waals surface area (Å²) in [5.74, 6) is 0.138. The first-order valence-corrected chi connectivity index (χ1v) is 10.7. The first-order valence-electron chi connectivity index (χ1n) is 10.7. The van der Waals surface area contributed by atoms with Crippen molar-refractivity contribution in [2.24, 2.45) is 0 Å². The van der Waals surface area contributed by atoms with Gasteiger partial charge < -0.3 is 14.8 Å². The third-order valence-electron chi connectivity index (χ3n) is 5.76. The molecule has 5 nitrogen and oxygen atoms in total. The van der Waals surface area contributed by atoms with Crippen LogP contribution in [0, 0.1) is 0 Å². The van der Waals surface area contributed by atoms with E-state index in [1.807, 2.05) is 24.5 Å². The first-order chi connectivity index (χ1) is 14.3. The predicted molar refractivity (Wildman–Crippen MR) is 117 cm³/mol. The van der Waals surface area contributed by atoms with Gasteiger partial charge in [-0.2, -0.15) is 0 Å². The molecule has 152 valence electrons. The summed E-state index contributed by atoms with van der Waals surface area (Å²) in [6, 6.07) is 19.0. The van der Waals surface area contributed by atoms with Crippen molar-refractivity contribution in [1.82, 2.24) is 19.8 Å². The lowest BCUT2D eigenvalue weighted by molar-refractivity contribution is -0.122. The fourth-order valence-electron chi connectivity index (χ4n) is 4.24. The molecule has 0 bridgehead atoms. The summed E-state index contributed by atoms with van der Waals surface area (Å²) < 4.78 is 2.06. The fraction of sp³-hybridized carbons (Fsp3) is 0.417. The van der Waals surface area contributed by atoms with Crippen molar-refractivity contribution < 1.29 is 4.79 Å². The number of imidazole rings is 1. The van der Waals surface area contributed by atoms with Gasteiger partial charge in [0.1, 0.15) is 0 Å². The first kappa shape index (κ1) is 19.6. The molecule has 1 amide bonds. The Kier molecular flexibility index (Phi) is 6.57. The van der Waals surface area contributed by atoms with Crippen LogP contribution in [0.25, 0.3) is 11.0 Å². The zero-order valence-corrected chi connectivity index (χ0v) is 17.0. The van der Waals surface area contributed by atoms with Crippen LogP contribution in [0.4, 0.5) is 0 Å². The number of nitrogens with one attached hydrogen (secondary N) is 1. The Hall–Kier alpha value is -2.66. The number of amides is 1. The van der Waals surface area contributed by atoms with Gasteiger partial charge in [-0.1, -0.05) is 42.5 Å². The molecule has 29 heavy (non-hydrogen) atoms. The normalized spacial score (nSPS) is 17.4. The van der Waals surface area contributed by atoms with Gasteiger partial charge in [0, 0.05) is 25.6 Å². The second kappa shape index (κ2) is 9.70. The van der Waals surface area contributed by atoms with Crippen molar-refractivity contribution in [3.05, 3.63) is 66.5 Å². The number of likely N-dealkylation sites (tertiary alicyclic amines) is 1. The predicted octanol–water partition coefficient (Wildman–Crippen LogP) is 3.64. The number of aromatic nitrogens is 2. The third-order valence-corrected chi connectivity index (χ3v) is 5.76. The van der Waals surface area contributed by atoms with Crippen LogP contribution in [0.2, 0.25) is 0 Å². The number of fused-ring (bicyclic) bond motifs is 1. The van der Waals surface area contributed by atoms with Crippen LogP contribution in [-0.2, 0) is 17.8 Å².